The number of rotatable bonds is 8. The number of hydrogen-bond acceptors (Lipinski definition) is 5. The molecule has 3 aromatic rings. The Morgan fingerprint density at radius 1 is 1.13 bits per heavy atom. The lowest BCUT2D eigenvalue weighted by atomic mass is 10.1. The van der Waals surface area contributed by atoms with Gasteiger partial charge in [0.15, 0.2) is 0 Å². The molecule has 2 aromatic carbocycles. The highest BCUT2D eigenvalue weighted by atomic mass is 32.1. The number of para-hydroxylation sites is 1. The van der Waals surface area contributed by atoms with Crippen LogP contribution in [-0.2, 0) is 17.8 Å². The van der Waals surface area contributed by atoms with Crippen LogP contribution >= 0.6 is 11.3 Å². The lowest BCUT2D eigenvalue weighted by Crippen LogP contribution is -2.27. The van der Waals surface area contributed by atoms with Gasteiger partial charge in [-0.15, -0.1) is 11.3 Å². The fourth-order valence-electron chi connectivity index (χ4n) is 2.92. The molecular weight excluding hydrogens is 398 g/mol. The van der Waals surface area contributed by atoms with Crippen molar-refractivity contribution in [3.05, 3.63) is 75.7 Å². The molecule has 1 heterocycles. The number of thiazole rings is 1. The van der Waals surface area contributed by atoms with Gasteiger partial charge in [0, 0.05) is 11.4 Å². The first-order valence-corrected chi connectivity index (χ1v) is 10.8. The van der Waals surface area contributed by atoms with Crippen molar-refractivity contribution in [2.45, 2.75) is 38.8 Å². The molecule has 7 heteroatoms. The van der Waals surface area contributed by atoms with Gasteiger partial charge in [0.1, 0.15) is 17.4 Å². The molecule has 0 aliphatic heterocycles. The first-order valence-electron chi connectivity index (χ1n) is 9.89. The van der Waals surface area contributed by atoms with E-state index in [-0.39, 0.29) is 24.3 Å². The van der Waals surface area contributed by atoms with Crippen LogP contribution in [0.25, 0.3) is 0 Å². The molecule has 1 fully saturated rings. The summed E-state index contributed by atoms with van der Waals surface area (Å²) in [5, 5.41) is 8.46. The predicted molar refractivity (Wildman–Crippen MR) is 117 cm³/mol. The minimum Gasteiger partial charge on any atom is -0.486 e. The number of ether oxygens (including phenoxy) is 1. The van der Waals surface area contributed by atoms with Crippen molar-refractivity contribution in [3.8, 4) is 5.75 Å². The molecule has 1 aromatic heterocycles. The van der Waals surface area contributed by atoms with Crippen molar-refractivity contribution in [2.24, 2.45) is 0 Å². The van der Waals surface area contributed by atoms with Crippen molar-refractivity contribution >= 4 is 28.8 Å². The molecular formula is C23H23N3O3S. The summed E-state index contributed by atoms with van der Waals surface area (Å²) in [6, 6.07) is 15.1. The maximum absolute atomic E-state index is 12.5. The molecule has 30 heavy (non-hydrogen) atoms. The van der Waals surface area contributed by atoms with E-state index in [1.165, 1.54) is 16.9 Å². The molecule has 0 radical (unpaired) electrons. The van der Waals surface area contributed by atoms with Crippen LogP contribution in [-0.4, -0.2) is 22.8 Å². The molecule has 4 rings (SSSR count). The minimum atomic E-state index is -0.210. The summed E-state index contributed by atoms with van der Waals surface area (Å²) >= 11 is 1.46. The Hall–Kier alpha value is -3.19. The maximum Gasteiger partial charge on any atom is 0.253 e. The Labute approximate surface area is 179 Å². The molecule has 0 spiro atoms. The van der Waals surface area contributed by atoms with Gasteiger partial charge in [0.25, 0.3) is 5.91 Å². The number of aromatic nitrogens is 1. The SMILES string of the molecule is Cc1ccc(OCc2nc(CC(=O)Nc3ccccc3C(=O)NC3CC3)cs2)cc1. The third-order valence-corrected chi connectivity index (χ3v) is 5.55. The molecule has 0 saturated heterocycles. The highest BCUT2D eigenvalue weighted by Crippen LogP contribution is 2.22. The molecule has 6 nitrogen and oxygen atoms in total. The zero-order valence-corrected chi connectivity index (χ0v) is 17.5. The molecule has 1 aliphatic carbocycles. The van der Waals surface area contributed by atoms with E-state index in [0.717, 1.165) is 23.6 Å². The Kier molecular flexibility index (Phi) is 6.09. The number of aryl methyl sites for hydroxylation is 1. The van der Waals surface area contributed by atoms with Crippen LogP contribution in [0.3, 0.4) is 0 Å². The molecule has 0 bridgehead atoms. The fourth-order valence-corrected chi connectivity index (χ4v) is 3.62. The monoisotopic (exact) mass is 421 g/mol. The normalized spacial score (nSPS) is 13.0. The summed E-state index contributed by atoms with van der Waals surface area (Å²) in [4.78, 5) is 29.4. The molecule has 0 unspecified atom stereocenters. The van der Waals surface area contributed by atoms with Gasteiger partial charge >= 0.3 is 0 Å². The van der Waals surface area contributed by atoms with Gasteiger partial charge < -0.3 is 15.4 Å². The standard InChI is InChI=1S/C23H23N3O3S/c1-15-6-10-18(11-7-15)29-13-22-24-17(14-30-22)12-21(27)26-20-5-3-2-4-19(20)23(28)25-16-8-9-16/h2-7,10-11,14,16H,8-9,12-13H2,1H3,(H,25,28)(H,26,27). The third-order valence-electron chi connectivity index (χ3n) is 4.68. The molecule has 154 valence electrons. The molecule has 0 atom stereocenters. The number of hydrogen-bond donors (Lipinski definition) is 2. The first kappa shape index (κ1) is 20.1. The third kappa shape index (κ3) is 5.45. The van der Waals surface area contributed by atoms with Crippen molar-refractivity contribution in [2.75, 3.05) is 5.32 Å². The van der Waals surface area contributed by atoms with E-state index < -0.39 is 0 Å². The fraction of sp³-hybridized carbons (Fsp3) is 0.261. The van der Waals surface area contributed by atoms with Gasteiger partial charge in [-0.3, -0.25) is 9.59 Å². The summed E-state index contributed by atoms with van der Waals surface area (Å²) in [5.74, 6) is 0.423. The minimum absolute atomic E-state index is 0.139. The van der Waals surface area contributed by atoms with E-state index in [2.05, 4.69) is 15.6 Å². The van der Waals surface area contributed by atoms with Crippen LogP contribution < -0.4 is 15.4 Å². The van der Waals surface area contributed by atoms with Crippen LogP contribution in [0.5, 0.6) is 5.75 Å². The number of anilines is 1. The Bertz CT molecular complexity index is 1040. The molecule has 1 aliphatic rings. The van der Waals surface area contributed by atoms with Gasteiger partial charge in [0.05, 0.1) is 23.4 Å². The van der Waals surface area contributed by atoms with E-state index in [4.69, 9.17) is 4.74 Å². The Morgan fingerprint density at radius 3 is 2.67 bits per heavy atom. The lowest BCUT2D eigenvalue weighted by molar-refractivity contribution is -0.115. The number of carbonyl (C=O) groups excluding carboxylic acids is 2. The van der Waals surface area contributed by atoms with E-state index in [1.54, 1.807) is 24.3 Å². The number of nitrogens with zero attached hydrogens (tertiary/aromatic N) is 1. The largest absolute Gasteiger partial charge is 0.486 e. The van der Waals surface area contributed by atoms with Gasteiger partial charge in [0.2, 0.25) is 5.91 Å². The maximum atomic E-state index is 12.5. The summed E-state index contributed by atoms with van der Waals surface area (Å²) in [7, 11) is 0. The average Bonchev–Trinajstić information content (AvgIpc) is 3.44. The Morgan fingerprint density at radius 2 is 1.90 bits per heavy atom. The van der Waals surface area contributed by atoms with E-state index in [0.29, 0.717) is 23.6 Å². The zero-order valence-electron chi connectivity index (χ0n) is 16.7. The number of carbonyl (C=O) groups is 2. The summed E-state index contributed by atoms with van der Waals surface area (Å²) < 4.78 is 5.74. The quantitative estimate of drug-likeness (QED) is 0.574. The van der Waals surface area contributed by atoms with Crippen molar-refractivity contribution in [1.82, 2.24) is 10.3 Å². The van der Waals surface area contributed by atoms with Gasteiger partial charge in [-0.25, -0.2) is 4.98 Å². The lowest BCUT2D eigenvalue weighted by Gasteiger charge is -2.10. The van der Waals surface area contributed by atoms with Gasteiger partial charge in [-0.1, -0.05) is 29.8 Å². The second kappa shape index (κ2) is 9.09. The van der Waals surface area contributed by atoms with E-state index in [9.17, 15) is 9.59 Å². The van der Waals surface area contributed by atoms with Crippen LogP contribution in [0, 0.1) is 6.92 Å². The highest BCUT2D eigenvalue weighted by molar-refractivity contribution is 7.09. The zero-order chi connectivity index (χ0) is 20.9. The average molecular weight is 422 g/mol. The topological polar surface area (TPSA) is 80.3 Å². The first-order chi connectivity index (χ1) is 14.6. The Balaban J connectivity index is 1.32. The summed E-state index contributed by atoms with van der Waals surface area (Å²) in [6.45, 7) is 2.39. The smallest absolute Gasteiger partial charge is 0.253 e. The van der Waals surface area contributed by atoms with Crippen LogP contribution in [0.2, 0.25) is 0 Å². The summed E-state index contributed by atoms with van der Waals surface area (Å²) in [6.07, 6.45) is 2.17. The van der Waals surface area contributed by atoms with Gasteiger partial charge in [-0.2, -0.15) is 0 Å². The summed E-state index contributed by atoms with van der Waals surface area (Å²) in [5.41, 5.74) is 2.85. The molecule has 2 N–H and O–H groups in total. The molecule has 2 amide bonds. The highest BCUT2D eigenvalue weighted by Gasteiger charge is 2.25. The molecule has 1 saturated carbocycles. The van der Waals surface area contributed by atoms with Crippen molar-refractivity contribution < 1.29 is 14.3 Å². The van der Waals surface area contributed by atoms with Crippen LogP contribution in [0.1, 0.15) is 39.5 Å². The van der Waals surface area contributed by atoms with Crippen LogP contribution in [0.15, 0.2) is 53.9 Å². The van der Waals surface area contributed by atoms with Crippen LogP contribution in [0.4, 0.5) is 5.69 Å². The van der Waals surface area contributed by atoms with E-state index in [1.807, 2.05) is 36.6 Å². The second-order valence-corrected chi connectivity index (χ2v) is 8.30. The van der Waals surface area contributed by atoms with Crippen molar-refractivity contribution in [3.63, 3.8) is 0 Å². The van der Waals surface area contributed by atoms with Gasteiger partial charge in [-0.05, 0) is 44.0 Å². The number of benzene rings is 2. The van der Waals surface area contributed by atoms with E-state index >= 15 is 0 Å². The van der Waals surface area contributed by atoms with Crippen molar-refractivity contribution in [1.29, 1.82) is 0 Å². The second-order valence-electron chi connectivity index (χ2n) is 7.35. The number of nitrogens with one attached hydrogen (secondary N) is 2. The number of amides is 2. The predicted octanol–water partition coefficient (Wildman–Crippen LogP) is 4.10.